The van der Waals surface area contributed by atoms with E-state index in [4.69, 9.17) is 4.74 Å². The van der Waals surface area contributed by atoms with Gasteiger partial charge in [-0.3, -0.25) is 14.7 Å². The number of aromatic amines is 1. The maximum absolute atomic E-state index is 12.6. The Bertz CT molecular complexity index is 1050. The molecule has 7 nitrogen and oxygen atoms in total. The van der Waals surface area contributed by atoms with Gasteiger partial charge in [0.2, 0.25) is 0 Å². The van der Waals surface area contributed by atoms with Crippen molar-refractivity contribution in [3.05, 3.63) is 76.1 Å². The first-order chi connectivity index (χ1) is 13.1. The first-order valence-corrected chi connectivity index (χ1v) is 8.50. The van der Waals surface area contributed by atoms with Crippen LogP contribution < -0.4 is 10.9 Å². The van der Waals surface area contributed by atoms with E-state index in [1.165, 1.54) is 6.20 Å². The number of carbonyl (C=O) groups is 2. The van der Waals surface area contributed by atoms with Crippen LogP contribution in [0.1, 0.15) is 12.5 Å². The summed E-state index contributed by atoms with van der Waals surface area (Å²) in [5.74, 6) is -1.42. The monoisotopic (exact) mass is 365 g/mol. The van der Waals surface area contributed by atoms with Gasteiger partial charge < -0.3 is 10.1 Å². The highest BCUT2D eigenvalue weighted by atomic mass is 16.5. The molecule has 3 rings (SSSR count). The largest absolute Gasteiger partial charge is 0.462 e. The summed E-state index contributed by atoms with van der Waals surface area (Å²) in [6.07, 6.45) is 1.17. The minimum Gasteiger partial charge on any atom is -0.462 e. The number of nitrogens with one attached hydrogen (secondary N) is 2. The highest BCUT2D eigenvalue weighted by Gasteiger charge is 2.21. The Balaban J connectivity index is 1.91. The fourth-order valence-corrected chi connectivity index (χ4v) is 2.58. The van der Waals surface area contributed by atoms with Gasteiger partial charge in [-0.15, -0.1) is 0 Å². The number of hydrogen-bond acceptors (Lipinski definition) is 4. The number of amides is 1. The zero-order valence-electron chi connectivity index (χ0n) is 14.8. The minimum absolute atomic E-state index is 0.115. The molecule has 1 amide bonds. The van der Waals surface area contributed by atoms with E-state index in [1.54, 1.807) is 31.2 Å². The molecule has 0 unspecified atom stereocenters. The fourth-order valence-electron chi connectivity index (χ4n) is 2.58. The molecule has 138 valence electrons. The van der Waals surface area contributed by atoms with Crippen LogP contribution in [-0.4, -0.2) is 28.3 Å². The molecule has 2 aromatic carbocycles. The number of ether oxygens (including phenoxy) is 1. The van der Waals surface area contributed by atoms with Gasteiger partial charge in [-0.25, -0.2) is 9.48 Å². The maximum Gasteiger partial charge on any atom is 0.345 e. The van der Waals surface area contributed by atoms with Crippen LogP contribution >= 0.6 is 0 Å². The molecule has 0 fully saturated rings. The van der Waals surface area contributed by atoms with Crippen molar-refractivity contribution in [1.82, 2.24) is 15.1 Å². The van der Waals surface area contributed by atoms with Crippen LogP contribution in [0, 0.1) is 0 Å². The van der Waals surface area contributed by atoms with Crippen molar-refractivity contribution >= 4 is 29.0 Å². The van der Waals surface area contributed by atoms with E-state index >= 15 is 0 Å². The number of H-pyrrole nitrogens is 1. The van der Waals surface area contributed by atoms with Gasteiger partial charge in [0.15, 0.2) is 0 Å². The highest BCUT2D eigenvalue weighted by molar-refractivity contribution is 6.18. The molecule has 1 heterocycles. The number of hydrogen-bond donors (Lipinski definition) is 2. The molecule has 0 saturated carbocycles. The summed E-state index contributed by atoms with van der Waals surface area (Å²) in [6, 6.07) is 16.2. The van der Waals surface area contributed by atoms with Gasteiger partial charge in [-0.1, -0.05) is 42.5 Å². The van der Waals surface area contributed by atoms with Crippen LogP contribution in [0.4, 0.5) is 0 Å². The summed E-state index contributed by atoms with van der Waals surface area (Å²) in [4.78, 5) is 37.3. The van der Waals surface area contributed by atoms with Crippen LogP contribution in [-0.2, 0) is 20.9 Å². The van der Waals surface area contributed by atoms with Gasteiger partial charge in [0.1, 0.15) is 5.57 Å². The molecule has 0 aliphatic rings. The highest BCUT2D eigenvalue weighted by Crippen LogP contribution is 2.08. The van der Waals surface area contributed by atoms with Gasteiger partial charge in [0.05, 0.1) is 23.7 Å². The van der Waals surface area contributed by atoms with Crippen molar-refractivity contribution in [2.75, 3.05) is 6.61 Å². The number of para-hydroxylation sites is 1. The lowest BCUT2D eigenvalue weighted by Gasteiger charge is -2.08. The third kappa shape index (κ3) is 4.14. The summed E-state index contributed by atoms with van der Waals surface area (Å²) in [5.41, 5.74) is 0.869. The number of rotatable bonds is 6. The maximum atomic E-state index is 12.6. The average molecular weight is 365 g/mol. The topological polar surface area (TPSA) is 93.2 Å². The van der Waals surface area contributed by atoms with Crippen molar-refractivity contribution in [2.45, 2.75) is 13.5 Å². The van der Waals surface area contributed by atoms with Crippen LogP contribution in [0.25, 0.3) is 17.1 Å². The molecular weight excluding hydrogens is 346 g/mol. The quantitative estimate of drug-likeness (QED) is 0.303. The predicted octanol–water partition coefficient (Wildman–Crippen LogP) is 2.05. The van der Waals surface area contributed by atoms with Crippen molar-refractivity contribution in [3.8, 4) is 0 Å². The van der Waals surface area contributed by atoms with Crippen molar-refractivity contribution in [1.29, 1.82) is 0 Å². The van der Waals surface area contributed by atoms with Crippen LogP contribution in [0.15, 0.2) is 65.0 Å². The molecule has 0 bridgehead atoms. The minimum atomic E-state index is -0.798. The Morgan fingerprint density at radius 1 is 1.11 bits per heavy atom. The van der Waals surface area contributed by atoms with E-state index in [2.05, 4.69) is 10.4 Å². The number of benzene rings is 2. The summed E-state index contributed by atoms with van der Waals surface area (Å²) in [5, 5.41) is 5.99. The van der Waals surface area contributed by atoms with E-state index in [1.807, 2.05) is 30.3 Å². The lowest BCUT2D eigenvalue weighted by atomic mass is 10.2. The van der Waals surface area contributed by atoms with Crippen LogP contribution in [0.2, 0.25) is 0 Å². The molecule has 27 heavy (non-hydrogen) atoms. The molecule has 1 aromatic heterocycles. The van der Waals surface area contributed by atoms with E-state index in [9.17, 15) is 14.4 Å². The molecule has 0 aliphatic heterocycles. The zero-order valence-corrected chi connectivity index (χ0v) is 14.8. The predicted molar refractivity (Wildman–Crippen MR) is 102 cm³/mol. The number of aromatic nitrogens is 2. The standard InChI is InChI=1S/C20H19N3O4/c1-2-27-20(26)16(18(24)21-12-14-8-4-3-5-9-14)13-23-19(25)15-10-6-7-11-17(15)22-23/h3-11,13,22H,2,12H2,1H3,(H,21,24). The van der Waals surface area contributed by atoms with E-state index in [0.717, 1.165) is 10.2 Å². The summed E-state index contributed by atoms with van der Waals surface area (Å²) in [7, 11) is 0. The Hall–Kier alpha value is -3.61. The molecule has 7 heteroatoms. The smallest absolute Gasteiger partial charge is 0.345 e. The second-order valence-electron chi connectivity index (χ2n) is 5.76. The molecule has 0 radical (unpaired) electrons. The zero-order chi connectivity index (χ0) is 19.2. The summed E-state index contributed by atoms with van der Waals surface area (Å²) >= 11 is 0. The van der Waals surface area contributed by atoms with Gasteiger partial charge in [0.25, 0.3) is 11.5 Å². The Morgan fingerprint density at radius 3 is 2.52 bits per heavy atom. The molecular formula is C20H19N3O4. The Kier molecular flexibility index (Phi) is 5.51. The van der Waals surface area contributed by atoms with Gasteiger partial charge in [-0.2, -0.15) is 0 Å². The fraction of sp³-hybridized carbons (Fsp3) is 0.150. The van der Waals surface area contributed by atoms with E-state index in [0.29, 0.717) is 10.9 Å². The number of carbonyl (C=O) groups excluding carboxylic acids is 2. The first-order valence-electron chi connectivity index (χ1n) is 8.50. The molecule has 0 spiro atoms. The molecule has 0 atom stereocenters. The normalized spacial score (nSPS) is 11.4. The third-order valence-corrected chi connectivity index (χ3v) is 3.91. The molecule has 3 aromatic rings. The van der Waals surface area contributed by atoms with Crippen molar-refractivity contribution in [3.63, 3.8) is 0 Å². The number of nitrogens with zero attached hydrogens (tertiary/aromatic N) is 1. The lowest BCUT2D eigenvalue weighted by Crippen LogP contribution is -2.30. The summed E-state index contributed by atoms with van der Waals surface area (Å²) < 4.78 is 6.08. The van der Waals surface area contributed by atoms with Crippen molar-refractivity contribution < 1.29 is 14.3 Å². The lowest BCUT2D eigenvalue weighted by molar-refractivity contribution is -0.140. The van der Waals surface area contributed by atoms with E-state index < -0.39 is 11.9 Å². The van der Waals surface area contributed by atoms with Crippen LogP contribution in [0.5, 0.6) is 0 Å². The number of esters is 1. The first kappa shape index (κ1) is 18.2. The van der Waals surface area contributed by atoms with Gasteiger partial charge in [-0.05, 0) is 24.6 Å². The number of fused-ring (bicyclic) bond motifs is 1. The third-order valence-electron chi connectivity index (χ3n) is 3.91. The Morgan fingerprint density at radius 2 is 1.81 bits per heavy atom. The molecule has 0 aliphatic carbocycles. The SMILES string of the molecule is CCOC(=O)C(=Cn1[nH]c2ccccc2c1=O)C(=O)NCc1ccccc1. The van der Waals surface area contributed by atoms with E-state index in [-0.39, 0.29) is 24.3 Å². The van der Waals surface area contributed by atoms with Crippen molar-refractivity contribution in [2.24, 2.45) is 0 Å². The molecule has 0 saturated heterocycles. The van der Waals surface area contributed by atoms with Gasteiger partial charge in [0, 0.05) is 6.54 Å². The van der Waals surface area contributed by atoms with Gasteiger partial charge >= 0.3 is 5.97 Å². The second kappa shape index (κ2) is 8.18. The average Bonchev–Trinajstić information content (AvgIpc) is 3.01. The summed E-state index contributed by atoms with van der Waals surface area (Å²) in [6.45, 7) is 2.01. The molecule has 2 N–H and O–H groups in total. The Labute approximate surface area is 155 Å². The second-order valence-corrected chi connectivity index (χ2v) is 5.76. The van der Waals surface area contributed by atoms with Crippen LogP contribution in [0.3, 0.4) is 0 Å².